The van der Waals surface area contributed by atoms with Crippen LogP contribution in [0.1, 0.15) is 52.9 Å². The van der Waals surface area contributed by atoms with Crippen LogP contribution in [-0.4, -0.2) is 0 Å². The molecule has 0 spiro atoms. The van der Waals surface area contributed by atoms with Gasteiger partial charge in [-0.25, -0.2) is 0 Å². The Balaban J connectivity index is 3.74. The van der Waals surface area contributed by atoms with E-state index in [2.05, 4.69) is 39.5 Å². The van der Waals surface area contributed by atoms with Crippen LogP contribution in [0.15, 0.2) is 36.0 Å². The zero-order valence-electron chi connectivity index (χ0n) is 9.97. The fourth-order valence-electron chi connectivity index (χ4n) is 1.46. The van der Waals surface area contributed by atoms with Crippen molar-refractivity contribution in [1.82, 2.24) is 0 Å². The first-order valence-corrected chi connectivity index (χ1v) is 5.65. The summed E-state index contributed by atoms with van der Waals surface area (Å²) in [6, 6.07) is 0. The predicted octanol–water partition coefficient (Wildman–Crippen LogP) is 5.04. The Morgan fingerprint density at radius 1 is 1.21 bits per heavy atom. The number of hydrogen-bond donors (Lipinski definition) is 0. The highest BCUT2D eigenvalue weighted by atomic mass is 14.0. The van der Waals surface area contributed by atoms with E-state index >= 15 is 0 Å². The second-order valence-electron chi connectivity index (χ2n) is 3.72. The molecule has 0 aromatic rings. The molecule has 0 aromatic heterocycles. The summed E-state index contributed by atoms with van der Waals surface area (Å²) in [6.07, 6.45) is 12.5. The highest BCUT2D eigenvalue weighted by Gasteiger charge is 1.92. The number of allylic oxidation sites excluding steroid dienone is 5. The van der Waals surface area contributed by atoms with Gasteiger partial charge in [0.1, 0.15) is 0 Å². The van der Waals surface area contributed by atoms with Crippen molar-refractivity contribution in [3.8, 4) is 0 Å². The summed E-state index contributed by atoms with van der Waals surface area (Å²) in [4.78, 5) is 0. The van der Waals surface area contributed by atoms with Crippen molar-refractivity contribution in [2.24, 2.45) is 0 Å². The lowest BCUT2D eigenvalue weighted by atomic mass is 10.0. The van der Waals surface area contributed by atoms with Crippen molar-refractivity contribution in [3.63, 3.8) is 0 Å². The van der Waals surface area contributed by atoms with E-state index in [4.69, 9.17) is 0 Å². The van der Waals surface area contributed by atoms with Gasteiger partial charge in [-0.05, 0) is 46.0 Å². The van der Waals surface area contributed by atoms with Gasteiger partial charge in [-0.3, -0.25) is 0 Å². The van der Waals surface area contributed by atoms with Crippen LogP contribution >= 0.6 is 0 Å². The van der Waals surface area contributed by atoms with Crippen LogP contribution in [0.25, 0.3) is 0 Å². The van der Waals surface area contributed by atoms with Gasteiger partial charge < -0.3 is 0 Å². The Labute approximate surface area is 89.4 Å². The molecule has 0 aliphatic heterocycles. The van der Waals surface area contributed by atoms with Gasteiger partial charge in [0, 0.05) is 0 Å². The zero-order valence-corrected chi connectivity index (χ0v) is 9.97. The molecule has 0 N–H and O–H groups in total. The van der Waals surface area contributed by atoms with E-state index in [1.807, 2.05) is 6.08 Å². The summed E-state index contributed by atoms with van der Waals surface area (Å²) >= 11 is 0. The van der Waals surface area contributed by atoms with Crippen LogP contribution in [0.5, 0.6) is 0 Å². The molecule has 0 saturated carbocycles. The molecule has 14 heavy (non-hydrogen) atoms. The number of rotatable bonds is 7. The van der Waals surface area contributed by atoms with Gasteiger partial charge in [-0.2, -0.15) is 0 Å². The third kappa shape index (κ3) is 6.71. The topological polar surface area (TPSA) is 0 Å². The van der Waals surface area contributed by atoms with E-state index in [1.54, 1.807) is 5.57 Å². The van der Waals surface area contributed by atoms with Crippen molar-refractivity contribution in [2.45, 2.75) is 52.9 Å². The monoisotopic (exact) mass is 192 g/mol. The molecule has 0 heterocycles. The Morgan fingerprint density at radius 3 is 2.43 bits per heavy atom. The molecule has 0 saturated heterocycles. The van der Waals surface area contributed by atoms with Crippen LogP contribution < -0.4 is 0 Å². The minimum atomic E-state index is 1.10. The predicted molar refractivity (Wildman–Crippen MR) is 66.5 cm³/mol. The molecule has 0 heteroatoms. The van der Waals surface area contributed by atoms with Crippen LogP contribution in [0.4, 0.5) is 0 Å². The smallest absolute Gasteiger partial charge is 0.0286 e. The summed E-state index contributed by atoms with van der Waals surface area (Å²) in [5, 5.41) is 0. The van der Waals surface area contributed by atoms with Crippen LogP contribution in [-0.2, 0) is 0 Å². The van der Waals surface area contributed by atoms with E-state index in [0.717, 1.165) is 6.42 Å². The second-order valence-corrected chi connectivity index (χ2v) is 3.72. The van der Waals surface area contributed by atoms with E-state index in [1.165, 1.54) is 31.3 Å². The first-order valence-electron chi connectivity index (χ1n) is 5.65. The maximum Gasteiger partial charge on any atom is -0.0286 e. The zero-order chi connectivity index (χ0) is 10.8. The minimum Gasteiger partial charge on any atom is -0.103 e. The van der Waals surface area contributed by atoms with Crippen LogP contribution in [0.2, 0.25) is 0 Å². The van der Waals surface area contributed by atoms with Crippen molar-refractivity contribution in [1.29, 1.82) is 0 Å². The maximum atomic E-state index is 3.73. The molecule has 0 atom stereocenters. The van der Waals surface area contributed by atoms with Crippen LogP contribution in [0.3, 0.4) is 0 Å². The van der Waals surface area contributed by atoms with Gasteiger partial charge >= 0.3 is 0 Å². The first kappa shape index (κ1) is 13.2. The molecule has 0 radical (unpaired) electrons. The molecule has 0 fully saturated rings. The standard InChI is InChI=1S/C14H24/c1-5-8-10-13(4)11-9-12-14(6-2)7-3/h5-6,11H,1,7-10,12H2,2-4H3/b13-11?,14-6-. The molecule has 0 aliphatic rings. The van der Waals surface area contributed by atoms with Crippen molar-refractivity contribution in [3.05, 3.63) is 36.0 Å². The van der Waals surface area contributed by atoms with Gasteiger partial charge in [0.2, 0.25) is 0 Å². The molecular weight excluding hydrogens is 168 g/mol. The molecule has 0 unspecified atom stereocenters. The van der Waals surface area contributed by atoms with Crippen LogP contribution in [0, 0.1) is 0 Å². The molecular formula is C14H24. The minimum absolute atomic E-state index is 1.10. The molecule has 0 aliphatic carbocycles. The Hall–Kier alpha value is -0.780. The Bertz CT molecular complexity index is 206. The normalized spacial score (nSPS) is 13.1. The van der Waals surface area contributed by atoms with Gasteiger partial charge in [-0.1, -0.05) is 36.3 Å². The molecule has 80 valence electrons. The largest absolute Gasteiger partial charge is 0.103 e. The first-order chi connectivity index (χ1) is 6.74. The van der Waals surface area contributed by atoms with E-state index in [0.29, 0.717) is 0 Å². The summed E-state index contributed by atoms with van der Waals surface area (Å²) in [5.41, 5.74) is 3.06. The Morgan fingerprint density at radius 2 is 1.93 bits per heavy atom. The maximum absolute atomic E-state index is 3.73. The SMILES string of the molecule is C=CCCC(C)=CCC/C(=C\C)CC. The third-order valence-corrected chi connectivity index (χ3v) is 2.56. The average molecular weight is 192 g/mol. The molecule has 0 rings (SSSR count). The highest BCUT2D eigenvalue weighted by Crippen LogP contribution is 2.12. The summed E-state index contributed by atoms with van der Waals surface area (Å²) in [7, 11) is 0. The molecule has 0 aromatic carbocycles. The highest BCUT2D eigenvalue weighted by molar-refractivity contribution is 5.04. The van der Waals surface area contributed by atoms with E-state index in [9.17, 15) is 0 Å². The lowest BCUT2D eigenvalue weighted by Crippen LogP contribution is -1.81. The lowest BCUT2D eigenvalue weighted by Gasteiger charge is -2.02. The molecule has 0 nitrogen and oxygen atoms in total. The fourth-order valence-corrected chi connectivity index (χ4v) is 1.46. The Kier molecular flexibility index (Phi) is 8.31. The second kappa shape index (κ2) is 8.80. The average Bonchev–Trinajstić information content (AvgIpc) is 2.21. The van der Waals surface area contributed by atoms with Gasteiger partial charge in [0.05, 0.1) is 0 Å². The van der Waals surface area contributed by atoms with Crippen molar-refractivity contribution < 1.29 is 0 Å². The quantitative estimate of drug-likeness (QED) is 0.496. The van der Waals surface area contributed by atoms with Gasteiger partial charge in [0.15, 0.2) is 0 Å². The molecule has 0 amide bonds. The van der Waals surface area contributed by atoms with E-state index < -0.39 is 0 Å². The summed E-state index contributed by atoms with van der Waals surface area (Å²) in [6.45, 7) is 10.3. The van der Waals surface area contributed by atoms with E-state index in [-0.39, 0.29) is 0 Å². The van der Waals surface area contributed by atoms with Crippen molar-refractivity contribution >= 4 is 0 Å². The third-order valence-electron chi connectivity index (χ3n) is 2.56. The fraction of sp³-hybridized carbons (Fsp3) is 0.571. The van der Waals surface area contributed by atoms with Crippen molar-refractivity contribution in [2.75, 3.05) is 0 Å². The van der Waals surface area contributed by atoms with Gasteiger partial charge in [0.25, 0.3) is 0 Å². The summed E-state index contributed by atoms with van der Waals surface area (Å²) < 4.78 is 0. The summed E-state index contributed by atoms with van der Waals surface area (Å²) in [5.74, 6) is 0. The lowest BCUT2D eigenvalue weighted by molar-refractivity contribution is 0.883. The van der Waals surface area contributed by atoms with Gasteiger partial charge in [-0.15, -0.1) is 6.58 Å². The molecule has 0 bridgehead atoms. The number of hydrogen-bond acceptors (Lipinski definition) is 0.